The highest BCUT2D eigenvalue weighted by Crippen LogP contribution is 2.43. The summed E-state index contributed by atoms with van der Waals surface area (Å²) >= 11 is 0. The Balaban J connectivity index is 1.62. The Labute approximate surface area is 94.0 Å². The van der Waals surface area contributed by atoms with E-state index in [0.717, 1.165) is 37.3 Å². The van der Waals surface area contributed by atoms with Crippen LogP contribution >= 0.6 is 0 Å². The molecule has 1 heteroatoms. The summed E-state index contributed by atoms with van der Waals surface area (Å²) < 4.78 is 0. The summed E-state index contributed by atoms with van der Waals surface area (Å²) in [5, 5.41) is 3.67. The van der Waals surface area contributed by atoms with Gasteiger partial charge in [0.1, 0.15) is 0 Å². The van der Waals surface area contributed by atoms with E-state index in [1.165, 1.54) is 38.5 Å². The first kappa shape index (κ1) is 11.0. The van der Waals surface area contributed by atoms with E-state index in [1.807, 2.05) is 0 Å². The van der Waals surface area contributed by atoms with E-state index < -0.39 is 0 Å². The zero-order valence-electron chi connectivity index (χ0n) is 9.67. The van der Waals surface area contributed by atoms with E-state index in [0.29, 0.717) is 0 Å². The van der Waals surface area contributed by atoms with Crippen molar-refractivity contribution in [3.8, 4) is 12.3 Å². The number of hydrogen-bond acceptors (Lipinski definition) is 1. The van der Waals surface area contributed by atoms with E-state index in [1.54, 1.807) is 0 Å². The molecule has 0 aromatic carbocycles. The van der Waals surface area contributed by atoms with Gasteiger partial charge in [0, 0.05) is 12.5 Å². The van der Waals surface area contributed by atoms with Crippen LogP contribution in [0.25, 0.3) is 0 Å². The van der Waals surface area contributed by atoms with Gasteiger partial charge in [-0.15, -0.1) is 12.3 Å². The van der Waals surface area contributed by atoms with Gasteiger partial charge in [-0.25, -0.2) is 0 Å². The number of nitrogens with one attached hydrogen (secondary N) is 1. The molecule has 0 aliphatic heterocycles. The van der Waals surface area contributed by atoms with Gasteiger partial charge in [-0.3, -0.25) is 0 Å². The van der Waals surface area contributed by atoms with Gasteiger partial charge < -0.3 is 5.32 Å². The Bertz CT molecular complexity index is 224. The third kappa shape index (κ3) is 3.54. The van der Waals surface area contributed by atoms with Gasteiger partial charge in [0.25, 0.3) is 0 Å². The Morgan fingerprint density at radius 1 is 1.13 bits per heavy atom. The second-order valence-electron chi connectivity index (χ2n) is 5.22. The van der Waals surface area contributed by atoms with Crippen LogP contribution in [-0.2, 0) is 0 Å². The molecule has 0 saturated heterocycles. The molecule has 0 heterocycles. The van der Waals surface area contributed by atoms with E-state index >= 15 is 0 Å². The van der Waals surface area contributed by atoms with Crippen molar-refractivity contribution in [1.29, 1.82) is 0 Å². The molecule has 2 aliphatic rings. The second-order valence-corrected chi connectivity index (χ2v) is 5.22. The maximum Gasteiger partial charge on any atom is 0.00981 e. The highest BCUT2D eigenvalue weighted by molar-refractivity contribution is 4.88. The predicted octanol–water partition coefficient (Wildman–Crippen LogP) is 2.96. The molecule has 1 N–H and O–H groups in total. The highest BCUT2D eigenvalue weighted by atomic mass is 14.9. The average Bonchev–Trinajstić information content (AvgIpc) is 3.09. The summed E-state index contributed by atoms with van der Waals surface area (Å²) in [6.07, 6.45) is 16.1. The fourth-order valence-corrected chi connectivity index (χ4v) is 2.91. The molecule has 0 radical (unpaired) electrons. The fraction of sp³-hybridized carbons (Fsp3) is 0.857. The summed E-state index contributed by atoms with van der Waals surface area (Å²) in [5.41, 5.74) is 0. The van der Waals surface area contributed by atoms with E-state index in [9.17, 15) is 0 Å². The van der Waals surface area contributed by atoms with Crippen molar-refractivity contribution in [3.63, 3.8) is 0 Å². The monoisotopic (exact) mass is 205 g/mol. The molecule has 0 spiro atoms. The fourth-order valence-electron chi connectivity index (χ4n) is 2.91. The zero-order chi connectivity index (χ0) is 10.5. The molecule has 2 rings (SSSR count). The van der Waals surface area contributed by atoms with Gasteiger partial charge in [0.2, 0.25) is 0 Å². The largest absolute Gasteiger partial charge is 0.314 e. The van der Waals surface area contributed by atoms with Crippen molar-refractivity contribution in [2.45, 2.75) is 57.4 Å². The summed E-state index contributed by atoms with van der Waals surface area (Å²) in [5.74, 6) is 4.85. The molecule has 15 heavy (non-hydrogen) atoms. The molecular weight excluding hydrogens is 182 g/mol. The van der Waals surface area contributed by atoms with Gasteiger partial charge in [0.15, 0.2) is 0 Å². The van der Waals surface area contributed by atoms with Crippen molar-refractivity contribution < 1.29 is 0 Å². The molecule has 2 atom stereocenters. The molecule has 2 aliphatic carbocycles. The van der Waals surface area contributed by atoms with Crippen molar-refractivity contribution in [2.75, 3.05) is 6.54 Å². The highest BCUT2D eigenvalue weighted by Gasteiger charge is 2.34. The molecular formula is C14H23N. The van der Waals surface area contributed by atoms with Crippen LogP contribution in [0.15, 0.2) is 0 Å². The minimum atomic E-state index is 0.794. The number of rotatable bonds is 5. The van der Waals surface area contributed by atoms with Crippen LogP contribution in [0.3, 0.4) is 0 Å². The predicted molar refractivity (Wildman–Crippen MR) is 64.5 cm³/mol. The zero-order valence-corrected chi connectivity index (χ0v) is 9.67. The lowest BCUT2D eigenvalue weighted by Gasteiger charge is -2.30. The quantitative estimate of drug-likeness (QED) is 0.537. The van der Waals surface area contributed by atoms with E-state index in [4.69, 9.17) is 6.42 Å². The maximum atomic E-state index is 5.24. The average molecular weight is 205 g/mol. The molecule has 84 valence electrons. The van der Waals surface area contributed by atoms with E-state index in [2.05, 4.69) is 11.2 Å². The van der Waals surface area contributed by atoms with Crippen molar-refractivity contribution in [1.82, 2.24) is 5.32 Å². The topological polar surface area (TPSA) is 12.0 Å². The van der Waals surface area contributed by atoms with Crippen molar-refractivity contribution in [2.24, 2.45) is 11.8 Å². The summed E-state index contributed by atoms with van der Waals surface area (Å²) in [4.78, 5) is 0. The van der Waals surface area contributed by atoms with Gasteiger partial charge in [0.05, 0.1) is 0 Å². The lowest BCUT2D eigenvalue weighted by Crippen LogP contribution is -2.35. The molecule has 1 nitrogen and oxygen atoms in total. The minimum Gasteiger partial charge on any atom is -0.314 e. The first-order valence-corrected chi connectivity index (χ1v) is 6.57. The summed E-state index contributed by atoms with van der Waals surface area (Å²) in [7, 11) is 0. The third-order valence-electron chi connectivity index (χ3n) is 3.93. The van der Waals surface area contributed by atoms with Gasteiger partial charge >= 0.3 is 0 Å². The first-order valence-electron chi connectivity index (χ1n) is 6.57. The first-order chi connectivity index (χ1) is 7.40. The normalized spacial score (nSPS) is 31.1. The lowest BCUT2D eigenvalue weighted by molar-refractivity contribution is 0.261. The standard InChI is InChI=1S/C14H23N/c1-2-3-4-10-15-14-7-5-6-13(11-14)12-8-9-12/h1,12-15H,3-11H2. The Morgan fingerprint density at radius 3 is 2.73 bits per heavy atom. The van der Waals surface area contributed by atoms with E-state index in [-0.39, 0.29) is 0 Å². The lowest BCUT2D eigenvalue weighted by atomic mass is 9.83. The Morgan fingerprint density at radius 2 is 2.00 bits per heavy atom. The van der Waals surface area contributed by atoms with Crippen LogP contribution in [0.2, 0.25) is 0 Å². The van der Waals surface area contributed by atoms with Crippen LogP contribution in [0, 0.1) is 24.2 Å². The number of hydrogen-bond donors (Lipinski definition) is 1. The van der Waals surface area contributed by atoms with Gasteiger partial charge in [-0.2, -0.15) is 0 Å². The molecule has 2 unspecified atom stereocenters. The smallest absolute Gasteiger partial charge is 0.00981 e. The summed E-state index contributed by atoms with van der Waals surface area (Å²) in [6.45, 7) is 1.12. The number of terminal acetylenes is 1. The minimum absolute atomic E-state index is 0.794. The SMILES string of the molecule is C#CCCCNC1CCCC(C2CC2)C1. The van der Waals surface area contributed by atoms with Crippen LogP contribution in [-0.4, -0.2) is 12.6 Å². The van der Waals surface area contributed by atoms with Gasteiger partial charge in [-0.05, 0) is 50.5 Å². The molecule has 0 bridgehead atoms. The summed E-state index contributed by atoms with van der Waals surface area (Å²) in [6, 6.07) is 0.794. The maximum absolute atomic E-state index is 5.24. The molecule has 2 saturated carbocycles. The molecule has 0 amide bonds. The second kappa shape index (κ2) is 5.56. The van der Waals surface area contributed by atoms with Crippen LogP contribution in [0.4, 0.5) is 0 Å². The number of unbranched alkanes of at least 4 members (excludes halogenated alkanes) is 1. The van der Waals surface area contributed by atoms with Crippen LogP contribution in [0.5, 0.6) is 0 Å². The molecule has 0 aromatic rings. The van der Waals surface area contributed by atoms with Crippen molar-refractivity contribution in [3.05, 3.63) is 0 Å². The Hall–Kier alpha value is -0.480. The van der Waals surface area contributed by atoms with Gasteiger partial charge in [-0.1, -0.05) is 12.8 Å². The van der Waals surface area contributed by atoms with Crippen LogP contribution in [0.1, 0.15) is 51.4 Å². The third-order valence-corrected chi connectivity index (χ3v) is 3.93. The molecule has 2 fully saturated rings. The Kier molecular flexibility index (Phi) is 4.09. The van der Waals surface area contributed by atoms with Crippen molar-refractivity contribution >= 4 is 0 Å². The van der Waals surface area contributed by atoms with Crippen LogP contribution < -0.4 is 5.32 Å². The molecule has 0 aromatic heterocycles.